The molecular formula is C15H15F2N3O5S. The Bertz CT molecular complexity index is 933. The van der Waals surface area contributed by atoms with Crippen molar-refractivity contribution in [3.8, 4) is 11.5 Å². The maximum absolute atomic E-state index is 12.9. The van der Waals surface area contributed by atoms with Gasteiger partial charge in [0.1, 0.15) is 0 Å². The van der Waals surface area contributed by atoms with Crippen molar-refractivity contribution in [1.29, 1.82) is 0 Å². The molecule has 0 spiro atoms. The van der Waals surface area contributed by atoms with Crippen LogP contribution < -0.4 is 0 Å². The molecule has 1 fully saturated rings. The molecule has 3 heterocycles. The Morgan fingerprint density at radius 1 is 1.31 bits per heavy atom. The molecule has 1 aromatic heterocycles. The first-order valence-electron chi connectivity index (χ1n) is 7.90. The minimum atomic E-state index is -3.86. The number of fused-ring (bicyclic) bond motifs is 1. The van der Waals surface area contributed by atoms with Crippen molar-refractivity contribution in [3.05, 3.63) is 29.7 Å². The Hall–Kier alpha value is -1.95. The van der Waals surface area contributed by atoms with E-state index in [4.69, 9.17) is 9.15 Å². The number of ether oxygens (including phenoxy) is 1. The Balaban J connectivity index is 1.68. The molecular weight excluding hydrogens is 372 g/mol. The fraction of sp³-hybridized carbons (Fsp3) is 0.467. The molecule has 2 aromatic rings. The molecule has 0 amide bonds. The zero-order chi connectivity index (χ0) is 18.5. The third-order valence-corrected chi connectivity index (χ3v) is 6.47. The topological polar surface area (TPSA) is 106 Å². The van der Waals surface area contributed by atoms with Gasteiger partial charge >= 0.3 is 6.43 Å². The lowest BCUT2D eigenvalue weighted by Crippen LogP contribution is -2.49. The summed E-state index contributed by atoms with van der Waals surface area (Å²) in [5.41, 5.74) is 0.772. The van der Waals surface area contributed by atoms with Crippen LogP contribution in [-0.4, -0.2) is 53.4 Å². The molecule has 4 rings (SSSR count). The van der Waals surface area contributed by atoms with Gasteiger partial charge in [0, 0.05) is 18.7 Å². The smallest absolute Gasteiger partial charge is 0.314 e. The molecule has 140 valence electrons. The first-order chi connectivity index (χ1) is 12.4. The van der Waals surface area contributed by atoms with E-state index < -0.39 is 34.5 Å². The van der Waals surface area contributed by atoms with E-state index in [0.29, 0.717) is 18.6 Å². The van der Waals surface area contributed by atoms with Crippen LogP contribution >= 0.6 is 0 Å². The summed E-state index contributed by atoms with van der Waals surface area (Å²) >= 11 is 0. The highest BCUT2D eigenvalue weighted by Gasteiger charge is 2.43. The molecule has 1 saturated heterocycles. The summed E-state index contributed by atoms with van der Waals surface area (Å²) in [7, 11) is -3.86. The van der Waals surface area contributed by atoms with Gasteiger partial charge in [0.2, 0.25) is 15.9 Å². The van der Waals surface area contributed by atoms with Gasteiger partial charge in [-0.05, 0) is 24.1 Å². The van der Waals surface area contributed by atoms with E-state index in [1.165, 1.54) is 16.4 Å². The first-order valence-corrected chi connectivity index (χ1v) is 9.34. The lowest BCUT2D eigenvalue weighted by atomic mass is 10.1. The minimum Gasteiger partial charge on any atom is -0.415 e. The van der Waals surface area contributed by atoms with Crippen LogP contribution in [0.25, 0.3) is 11.5 Å². The van der Waals surface area contributed by atoms with Crippen molar-refractivity contribution in [2.24, 2.45) is 0 Å². The van der Waals surface area contributed by atoms with Gasteiger partial charge in [-0.3, -0.25) is 0 Å². The van der Waals surface area contributed by atoms with Crippen LogP contribution in [0.2, 0.25) is 0 Å². The number of aliphatic hydroxyl groups is 1. The van der Waals surface area contributed by atoms with Gasteiger partial charge in [0.05, 0.1) is 23.6 Å². The Labute approximate surface area is 147 Å². The predicted octanol–water partition coefficient (Wildman–Crippen LogP) is 1.33. The van der Waals surface area contributed by atoms with E-state index in [9.17, 15) is 22.3 Å². The molecule has 0 aliphatic carbocycles. The van der Waals surface area contributed by atoms with Crippen molar-refractivity contribution < 1.29 is 31.5 Å². The molecule has 0 bridgehead atoms. The lowest BCUT2D eigenvalue weighted by molar-refractivity contribution is -0.0395. The third-order valence-electron chi connectivity index (χ3n) is 4.51. The van der Waals surface area contributed by atoms with E-state index in [1.807, 2.05) is 0 Å². The van der Waals surface area contributed by atoms with Crippen LogP contribution in [0.1, 0.15) is 24.3 Å². The van der Waals surface area contributed by atoms with Crippen LogP contribution in [0.15, 0.2) is 27.5 Å². The van der Waals surface area contributed by atoms with Crippen molar-refractivity contribution in [2.75, 3.05) is 13.2 Å². The molecule has 2 aliphatic rings. The largest absolute Gasteiger partial charge is 0.415 e. The van der Waals surface area contributed by atoms with E-state index >= 15 is 0 Å². The summed E-state index contributed by atoms with van der Waals surface area (Å²) in [5, 5.41) is 16.9. The molecule has 2 aliphatic heterocycles. The Morgan fingerprint density at radius 3 is 2.81 bits per heavy atom. The summed E-state index contributed by atoms with van der Waals surface area (Å²) in [6, 6.07) is 3.76. The number of hydrogen-bond donors (Lipinski definition) is 1. The van der Waals surface area contributed by atoms with Crippen LogP contribution in [0, 0.1) is 0 Å². The number of halogens is 2. The number of benzene rings is 1. The zero-order valence-electron chi connectivity index (χ0n) is 13.4. The number of alkyl halides is 2. The van der Waals surface area contributed by atoms with Crippen LogP contribution in [-0.2, 0) is 21.3 Å². The highest BCUT2D eigenvalue weighted by atomic mass is 32.2. The Kier molecular flexibility index (Phi) is 4.26. The monoisotopic (exact) mass is 387 g/mol. The van der Waals surface area contributed by atoms with E-state index in [-0.39, 0.29) is 29.5 Å². The van der Waals surface area contributed by atoms with Crippen molar-refractivity contribution in [1.82, 2.24) is 14.5 Å². The number of sulfonamides is 1. The number of nitrogens with zero attached hydrogens (tertiary/aromatic N) is 3. The summed E-state index contributed by atoms with van der Waals surface area (Å²) in [4.78, 5) is 0.0320. The number of rotatable bonds is 3. The van der Waals surface area contributed by atoms with Gasteiger partial charge in [-0.1, -0.05) is 6.07 Å². The summed E-state index contributed by atoms with van der Waals surface area (Å²) < 4.78 is 62.4. The van der Waals surface area contributed by atoms with E-state index in [2.05, 4.69) is 10.2 Å². The average Bonchev–Trinajstić information content (AvgIpc) is 3.19. The molecule has 1 aromatic carbocycles. The fourth-order valence-electron chi connectivity index (χ4n) is 3.16. The molecule has 0 unspecified atom stereocenters. The van der Waals surface area contributed by atoms with Crippen LogP contribution in [0.5, 0.6) is 0 Å². The highest BCUT2D eigenvalue weighted by molar-refractivity contribution is 7.89. The van der Waals surface area contributed by atoms with Gasteiger partial charge < -0.3 is 14.3 Å². The molecule has 26 heavy (non-hydrogen) atoms. The van der Waals surface area contributed by atoms with Crippen LogP contribution in [0.4, 0.5) is 8.78 Å². The predicted molar refractivity (Wildman–Crippen MR) is 82.7 cm³/mol. The quantitative estimate of drug-likeness (QED) is 0.847. The van der Waals surface area contributed by atoms with Gasteiger partial charge in [-0.2, -0.15) is 13.1 Å². The normalized spacial score (nSPS) is 25.5. The zero-order valence-corrected chi connectivity index (χ0v) is 14.2. The second-order valence-corrected chi connectivity index (χ2v) is 7.98. The average molecular weight is 387 g/mol. The van der Waals surface area contributed by atoms with Crippen molar-refractivity contribution in [3.63, 3.8) is 0 Å². The molecule has 11 heteroatoms. The second-order valence-electron chi connectivity index (χ2n) is 6.12. The minimum absolute atomic E-state index is 0.0320. The lowest BCUT2D eigenvalue weighted by Gasteiger charge is -2.33. The molecule has 0 saturated carbocycles. The second kappa shape index (κ2) is 6.34. The standard InChI is InChI=1S/C15H15F2N3O5S/c16-13(17)15-19-18-14(25-15)8-1-2-9-6-20(26(22,23)12(9)5-8)10-7-24-4-3-11(10)21/h1-2,5,10-11,13,21H,3-4,6-7H2/t10-,11-/m1/s1. The molecule has 2 atom stereocenters. The van der Waals surface area contributed by atoms with E-state index in [0.717, 1.165) is 0 Å². The number of hydrogen-bond acceptors (Lipinski definition) is 7. The highest BCUT2D eigenvalue weighted by Crippen LogP contribution is 2.36. The maximum atomic E-state index is 12.9. The maximum Gasteiger partial charge on any atom is 0.314 e. The van der Waals surface area contributed by atoms with Gasteiger partial charge in [-0.15, -0.1) is 10.2 Å². The summed E-state index contributed by atoms with van der Waals surface area (Å²) in [5.74, 6) is -1.01. The molecule has 8 nitrogen and oxygen atoms in total. The molecule has 0 radical (unpaired) electrons. The van der Waals surface area contributed by atoms with E-state index in [1.54, 1.807) is 6.07 Å². The Morgan fingerprint density at radius 2 is 2.12 bits per heavy atom. The van der Waals surface area contributed by atoms with Crippen LogP contribution in [0.3, 0.4) is 0 Å². The van der Waals surface area contributed by atoms with Gasteiger partial charge in [-0.25, -0.2) is 8.42 Å². The van der Waals surface area contributed by atoms with Crippen molar-refractivity contribution in [2.45, 2.75) is 36.4 Å². The third kappa shape index (κ3) is 2.80. The number of aliphatic hydroxyl groups excluding tert-OH is 1. The summed E-state index contributed by atoms with van der Waals surface area (Å²) in [6.07, 6.45) is -3.36. The van der Waals surface area contributed by atoms with Gasteiger partial charge in [0.15, 0.2) is 0 Å². The first kappa shape index (κ1) is 17.5. The summed E-state index contributed by atoms with van der Waals surface area (Å²) in [6.45, 7) is 0.601. The van der Waals surface area contributed by atoms with Crippen molar-refractivity contribution >= 4 is 10.0 Å². The van der Waals surface area contributed by atoms with Gasteiger partial charge in [0.25, 0.3) is 5.89 Å². The fourth-order valence-corrected chi connectivity index (χ4v) is 5.02. The SMILES string of the molecule is O=S1(=O)c2cc(-c3nnc(C(F)F)o3)ccc2CN1[C@@H]1COCC[C@H]1O. The number of aromatic nitrogens is 2. The molecule has 1 N–H and O–H groups in total.